The van der Waals surface area contributed by atoms with Crippen LogP contribution in [0.3, 0.4) is 0 Å². The van der Waals surface area contributed by atoms with Crippen molar-refractivity contribution in [2.75, 3.05) is 32.9 Å². The molecule has 2 saturated heterocycles. The maximum Gasteiger partial charge on any atom is 0.329 e. The molecular weight excluding hydrogens is 358 g/mol. The molecule has 0 spiro atoms. The molecule has 0 unspecified atom stereocenters. The molecule has 2 aliphatic rings. The van der Waals surface area contributed by atoms with Crippen LogP contribution in [0.5, 0.6) is 0 Å². The highest BCUT2D eigenvalue weighted by molar-refractivity contribution is 7.91. The van der Waals surface area contributed by atoms with Crippen LogP contribution in [-0.4, -0.2) is 67.1 Å². The third-order valence-electron chi connectivity index (χ3n) is 5.25. The third kappa shape index (κ3) is 4.77. The first kappa shape index (κ1) is 21.6. The second-order valence-electron chi connectivity index (χ2n) is 8.32. The number of esters is 1. The predicted octanol–water partition coefficient (Wildman–Crippen LogP) is 1.69. The molecule has 2 rings (SSSR count). The first-order chi connectivity index (χ1) is 12.1. The smallest absolute Gasteiger partial charge is 0.329 e. The molecule has 0 aromatic rings. The highest BCUT2D eigenvalue weighted by Gasteiger charge is 2.56. The van der Waals surface area contributed by atoms with E-state index in [0.29, 0.717) is 19.0 Å². The van der Waals surface area contributed by atoms with E-state index < -0.39 is 26.3 Å². The number of carbonyl (C=O) groups is 1. The summed E-state index contributed by atoms with van der Waals surface area (Å²) in [6.07, 6.45) is 3.45. The maximum atomic E-state index is 13.4. The Labute approximate surface area is 157 Å². The fourth-order valence-electron chi connectivity index (χ4n) is 3.71. The van der Waals surface area contributed by atoms with E-state index in [-0.39, 0.29) is 32.7 Å². The van der Waals surface area contributed by atoms with Crippen LogP contribution in [0.15, 0.2) is 0 Å². The van der Waals surface area contributed by atoms with Gasteiger partial charge in [0.05, 0.1) is 0 Å². The highest BCUT2D eigenvalue weighted by Crippen LogP contribution is 2.37. The third-order valence-corrected chi connectivity index (χ3v) is 7.86. The van der Waals surface area contributed by atoms with Crippen LogP contribution < -0.4 is 0 Å². The van der Waals surface area contributed by atoms with Gasteiger partial charge < -0.3 is 14.6 Å². The van der Waals surface area contributed by atoms with Gasteiger partial charge in [-0.2, -0.15) is 0 Å². The van der Waals surface area contributed by atoms with Gasteiger partial charge >= 0.3 is 5.97 Å². The van der Waals surface area contributed by atoms with Gasteiger partial charge in [0.1, 0.15) is 5.60 Å². The van der Waals surface area contributed by atoms with E-state index >= 15 is 0 Å². The molecule has 0 saturated carbocycles. The summed E-state index contributed by atoms with van der Waals surface area (Å²) in [5.74, 6) is -0.225. The second-order valence-corrected chi connectivity index (χ2v) is 10.6. The minimum atomic E-state index is -3.83. The molecule has 2 heterocycles. The van der Waals surface area contributed by atoms with Gasteiger partial charge in [-0.3, -0.25) is 4.79 Å². The van der Waals surface area contributed by atoms with Crippen LogP contribution in [-0.2, 0) is 24.3 Å². The topological polar surface area (TPSA) is 93.1 Å². The summed E-state index contributed by atoms with van der Waals surface area (Å²) in [7, 11) is -3.83. The zero-order valence-electron chi connectivity index (χ0n) is 16.2. The standard InChI is InChI=1S/C18H33NO6S/c1-17(2,3)25-16(21)18(8-13-24-14-9-18)26(22,23)19-10-6-15(7-11-19)5-4-12-20/h15,20H,4-14H2,1-3H3. The van der Waals surface area contributed by atoms with Crippen LogP contribution in [0.1, 0.15) is 59.3 Å². The Hall–Kier alpha value is -0.700. The van der Waals surface area contributed by atoms with E-state index in [4.69, 9.17) is 14.6 Å². The molecule has 152 valence electrons. The molecule has 0 aliphatic carbocycles. The molecule has 0 atom stereocenters. The van der Waals surface area contributed by atoms with Gasteiger partial charge in [0, 0.05) is 45.8 Å². The van der Waals surface area contributed by atoms with Crippen LogP contribution in [0, 0.1) is 5.92 Å². The molecular formula is C18H33NO6S. The van der Waals surface area contributed by atoms with E-state index in [9.17, 15) is 13.2 Å². The van der Waals surface area contributed by atoms with E-state index in [1.165, 1.54) is 4.31 Å². The summed E-state index contributed by atoms with van der Waals surface area (Å²) in [6.45, 7) is 6.73. The lowest BCUT2D eigenvalue weighted by molar-refractivity contribution is -0.161. The van der Waals surface area contributed by atoms with Crippen LogP contribution >= 0.6 is 0 Å². The Balaban J connectivity index is 2.18. The number of nitrogens with zero attached hydrogens (tertiary/aromatic N) is 1. The van der Waals surface area contributed by atoms with Gasteiger partial charge in [0.15, 0.2) is 4.75 Å². The first-order valence-corrected chi connectivity index (χ1v) is 11.0. The number of aliphatic hydroxyl groups is 1. The molecule has 8 heteroatoms. The Bertz CT molecular complexity index is 569. The molecule has 1 N–H and O–H groups in total. The van der Waals surface area contributed by atoms with E-state index in [1.807, 2.05) is 0 Å². The lowest BCUT2D eigenvalue weighted by Gasteiger charge is -2.41. The van der Waals surface area contributed by atoms with Gasteiger partial charge in [-0.1, -0.05) is 0 Å². The lowest BCUT2D eigenvalue weighted by atomic mass is 9.93. The monoisotopic (exact) mass is 391 g/mol. The van der Waals surface area contributed by atoms with Crippen molar-refractivity contribution in [2.45, 2.75) is 69.6 Å². The van der Waals surface area contributed by atoms with Crippen molar-refractivity contribution in [3.8, 4) is 0 Å². The van der Waals surface area contributed by atoms with E-state index in [2.05, 4.69) is 0 Å². The Kier molecular flexibility index (Phi) is 7.10. The molecule has 26 heavy (non-hydrogen) atoms. The summed E-state index contributed by atoms with van der Waals surface area (Å²) in [5, 5.41) is 8.97. The van der Waals surface area contributed by atoms with Gasteiger partial charge in [-0.05, 0) is 52.4 Å². The van der Waals surface area contributed by atoms with Crippen molar-refractivity contribution in [1.29, 1.82) is 0 Å². The number of hydrogen-bond donors (Lipinski definition) is 1. The number of sulfonamides is 1. The van der Waals surface area contributed by atoms with Crippen molar-refractivity contribution >= 4 is 16.0 Å². The maximum absolute atomic E-state index is 13.4. The predicted molar refractivity (Wildman–Crippen MR) is 98.2 cm³/mol. The molecule has 0 amide bonds. The number of aliphatic hydroxyl groups excluding tert-OH is 1. The van der Waals surface area contributed by atoms with Crippen LogP contribution in [0.2, 0.25) is 0 Å². The van der Waals surface area contributed by atoms with Crippen molar-refractivity contribution in [2.24, 2.45) is 5.92 Å². The Morgan fingerprint density at radius 3 is 2.31 bits per heavy atom. The van der Waals surface area contributed by atoms with Gasteiger partial charge in [0.2, 0.25) is 10.0 Å². The number of rotatable bonds is 6. The number of carbonyl (C=O) groups excluding carboxylic acids is 1. The van der Waals surface area contributed by atoms with E-state index in [0.717, 1.165) is 25.7 Å². The normalized spacial score (nSPS) is 22.9. The Morgan fingerprint density at radius 1 is 1.23 bits per heavy atom. The van der Waals surface area contributed by atoms with Crippen molar-refractivity contribution in [3.05, 3.63) is 0 Å². The molecule has 0 aromatic heterocycles. The Morgan fingerprint density at radius 2 is 1.81 bits per heavy atom. The fourth-order valence-corrected chi connectivity index (χ4v) is 5.83. The summed E-state index contributed by atoms with van der Waals surface area (Å²) in [4.78, 5) is 12.9. The average molecular weight is 392 g/mol. The van der Waals surface area contributed by atoms with Gasteiger partial charge in [-0.15, -0.1) is 0 Å². The molecule has 2 aliphatic heterocycles. The molecule has 0 radical (unpaired) electrons. The molecule has 0 bridgehead atoms. The zero-order valence-corrected chi connectivity index (χ0v) is 17.0. The van der Waals surface area contributed by atoms with E-state index in [1.54, 1.807) is 20.8 Å². The average Bonchev–Trinajstić information content (AvgIpc) is 2.59. The van der Waals surface area contributed by atoms with Crippen LogP contribution in [0.25, 0.3) is 0 Å². The number of hydrogen-bond acceptors (Lipinski definition) is 6. The summed E-state index contributed by atoms with van der Waals surface area (Å²) >= 11 is 0. The molecule has 7 nitrogen and oxygen atoms in total. The molecule has 0 aromatic carbocycles. The largest absolute Gasteiger partial charge is 0.459 e. The quantitative estimate of drug-likeness (QED) is 0.693. The van der Waals surface area contributed by atoms with Crippen molar-refractivity contribution in [3.63, 3.8) is 0 Å². The number of ether oxygens (including phenoxy) is 2. The van der Waals surface area contributed by atoms with Crippen LogP contribution in [0.4, 0.5) is 0 Å². The van der Waals surface area contributed by atoms with Crippen molar-refractivity contribution < 1.29 is 27.8 Å². The summed E-state index contributed by atoms with van der Waals surface area (Å²) < 4.78 is 37.6. The summed E-state index contributed by atoms with van der Waals surface area (Å²) in [5.41, 5.74) is -0.741. The number of piperidine rings is 1. The molecule has 2 fully saturated rings. The highest BCUT2D eigenvalue weighted by atomic mass is 32.2. The first-order valence-electron chi connectivity index (χ1n) is 9.54. The zero-order chi connectivity index (χ0) is 19.4. The minimum Gasteiger partial charge on any atom is -0.459 e. The van der Waals surface area contributed by atoms with Crippen molar-refractivity contribution in [1.82, 2.24) is 4.31 Å². The SMILES string of the molecule is CC(C)(C)OC(=O)C1(S(=O)(=O)N2CCC(CCCO)CC2)CCOCC1. The minimum absolute atomic E-state index is 0.134. The fraction of sp³-hybridized carbons (Fsp3) is 0.944. The second kappa shape index (κ2) is 8.54. The van der Waals surface area contributed by atoms with Gasteiger partial charge in [-0.25, -0.2) is 12.7 Å². The van der Waals surface area contributed by atoms with Gasteiger partial charge in [0.25, 0.3) is 0 Å². The lowest BCUT2D eigenvalue weighted by Crippen LogP contribution is -2.59. The summed E-state index contributed by atoms with van der Waals surface area (Å²) in [6, 6.07) is 0.